The fourth-order valence-electron chi connectivity index (χ4n) is 7.10. The highest BCUT2D eigenvalue weighted by Crippen LogP contribution is 2.59. The van der Waals surface area contributed by atoms with Crippen LogP contribution < -0.4 is 4.74 Å². The average Bonchev–Trinajstić information content (AvgIpc) is 3.24. The van der Waals surface area contributed by atoms with E-state index in [-0.39, 0.29) is 40.3 Å². The van der Waals surface area contributed by atoms with Gasteiger partial charge >= 0.3 is 11.9 Å². The van der Waals surface area contributed by atoms with Gasteiger partial charge in [0.2, 0.25) is 0 Å². The number of carbonyl (C=O) groups excluding carboxylic acids is 4. The minimum Gasteiger partial charge on any atom is -0.478 e. The van der Waals surface area contributed by atoms with Crippen molar-refractivity contribution >= 4 is 41.8 Å². The summed E-state index contributed by atoms with van der Waals surface area (Å²) in [6, 6.07) is 46.5. The van der Waals surface area contributed by atoms with E-state index in [4.69, 9.17) is 9.84 Å². The van der Waals surface area contributed by atoms with Gasteiger partial charge in [-0.3, -0.25) is 19.2 Å². The zero-order valence-corrected chi connectivity index (χ0v) is 30.4. The van der Waals surface area contributed by atoms with Crippen LogP contribution in [0.15, 0.2) is 170 Å². The Kier molecular flexibility index (Phi) is 12.5. The number of carboxylic acids is 2. The van der Waals surface area contributed by atoms with Crippen molar-refractivity contribution in [2.24, 2.45) is 11.8 Å². The fraction of sp³-hybridized carbons (Fsp3) is 0.0833. The molecule has 1 fully saturated rings. The number of rotatable bonds is 13. The van der Waals surface area contributed by atoms with Gasteiger partial charge in [0.15, 0.2) is 17.3 Å². The van der Waals surface area contributed by atoms with Gasteiger partial charge in [-0.15, -0.1) is 0 Å². The lowest BCUT2D eigenvalue weighted by molar-refractivity contribution is -0.120. The summed E-state index contributed by atoms with van der Waals surface area (Å²) in [5.74, 6) is -4.01. The van der Waals surface area contributed by atoms with Gasteiger partial charge in [0, 0.05) is 40.4 Å². The second kappa shape index (κ2) is 18.2. The SMILES string of the molecule is O=C(O)c1ccc(/C=C/C(=O)c2ccccc2)cc1.O=COc1ccc([C@@H]2C(C(=O)c3ccccc3)[C@@H](C(=O)c3ccccc3)[C@@H]2c2ccc(C(=O)O)cc2)cc1. The Labute approximate surface area is 328 Å². The monoisotopic (exact) mass is 756 g/mol. The van der Waals surface area contributed by atoms with E-state index in [2.05, 4.69) is 0 Å². The molecule has 1 unspecified atom stereocenters. The van der Waals surface area contributed by atoms with Crippen molar-refractivity contribution < 1.29 is 43.7 Å². The molecule has 0 radical (unpaired) electrons. The molecule has 6 aromatic rings. The standard InChI is InChI=1S/C32H24O6.C16H12O3/c33-19-38-25-17-15-21(16-18-25)27-26(20-11-13-24(14-12-20)32(36)37)28(30(34)22-7-3-1-4-8-22)29(27)31(35)23-9-5-2-6-10-23;17-15(13-4-2-1-3-5-13)11-8-12-6-9-14(10-7-12)16(18)19/h1-19,26-29H,(H,36,37);1-11H,(H,18,19)/b;11-8+/t26-,27+,28+,29?;/m1./s1. The highest BCUT2D eigenvalue weighted by Gasteiger charge is 2.57. The van der Waals surface area contributed by atoms with Crippen LogP contribution in [0, 0.1) is 11.8 Å². The van der Waals surface area contributed by atoms with Gasteiger partial charge in [-0.2, -0.15) is 0 Å². The van der Waals surface area contributed by atoms with E-state index in [1.807, 2.05) is 30.3 Å². The number of ketones is 3. The minimum absolute atomic E-state index is 0.0806. The molecule has 9 nitrogen and oxygen atoms in total. The third kappa shape index (κ3) is 9.24. The van der Waals surface area contributed by atoms with Crippen molar-refractivity contribution in [3.63, 3.8) is 0 Å². The molecule has 0 bridgehead atoms. The first-order valence-electron chi connectivity index (χ1n) is 18.0. The third-order valence-corrected chi connectivity index (χ3v) is 9.90. The van der Waals surface area contributed by atoms with Crippen molar-refractivity contribution in [3.05, 3.63) is 214 Å². The van der Waals surface area contributed by atoms with Crippen LogP contribution in [0.1, 0.15) is 80.3 Å². The number of carbonyl (C=O) groups is 6. The molecule has 1 aliphatic carbocycles. The van der Waals surface area contributed by atoms with Crippen LogP contribution in [0.25, 0.3) is 6.08 Å². The molecule has 0 amide bonds. The van der Waals surface area contributed by atoms with E-state index in [0.29, 0.717) is 28.9 Å². The highest BCUT2D eigenvalue weighted by molar-refractivity contribution is 6.08. The first kappa shape index (κ1) is 39.2. The molecule has 0 aromatic heterocycles. The van der Waals surface area contributed by atoms with E-state index in [0.717, 1.165) is 16.7 Å². The topological polar surface area (TPSA) is 152 Å². The normalized spacial score (nSPS) is 16.9. The van der Waals surface area contributed by atoms with Crippen molar-refractivity contribution in [2.75, 3.05) is 0 Å². The molecular weight excluding hydrogens is 721 g/mol. The summed E-state index contributed by atoms with van der Waals surface area (Å²) in [7, 11) is 0. The molecule has 0 saturated heterocycles. The Morgan fingerprint density at radius 2 is 0.842 bits per heavy atom. The summed E-state index contributed by atoms with van der Waals surface area (Å²) in [6.07, 6.45) is 3.14. The van der Waals surface area contributed by atoms with Gasteiger partial charge in [0.05, 0.1) is 11.1 Å². The summed E-state index contributed by atoms with van der Waals surface area (Å²) in [4.78, 5) is 72.6. The van der Waals surface area contributed by atoms with Crippen LogP contribution in [0.5, 0.6) is 5.75 Å². The Bertz CT molecular complexity index is 2390. The summed E-state index contributed by atoms with van der Waals surface area (Å²) in [6.45, 7) is 0.349. The number of hydrogen-bond acceptors (Lipinski definition) is 7. The summed E-state index contributed by atoms with van der Waals surface area (Å²) < 4.78 is 4.94. The molecule has 0 aliphatic heterocycles. The maximum Gasteiger partial charge on any atom is 0.335 e. The molecule has 6 aromatic carbocycles. The quantitative estimate of drug-likeness (QED) is 0.0668. The number of aromatic carboxylic acids is 2. The summed E-state index contributed by atoms with van der Waals surface area (Å²) in [5, 5.41) is 18.1. The Morgan fingerprint density at radius 3 is 1.25 bits per heavy atom. The van der Waals surface area contributed by atoms with Gasteiger partial charge < -0.3 is 14.9 Å². The van der Waals surface area contributed by atoms with Gasteiger partial charge in [-0.25, -0.2) is 9.59 Å². The lowest BCUT2D eigenvalue weighted by Crippen LogP contribution is -2.51. The first-order chi connectivity index (χ1) is 27.7. The molecule has 1 aliphatic rings. The van der Waals surface area contributed by atoms with Crippen LogP contribution in [0.3, 0.4) is 0 Å². The van der Waals surface area contributed by atoms with Crippen LogP contribution >= 0.6 is 0 Å². The number of allylic oxidation sites excluding steroid dienone is 1. The Balaban J connectivity index is 0.000000242. The molecular formula is C48H36O9. The average molecular weight is 757 g/mol. The maximum absolute atomic E-state index is 13.9. The first-order valence-corrected chi connectivity index (χ1v) is 18.0. The lowest BCUT2D eigenvalue weighted by Gasteiger charge is -2.51. The molecule has 2 N–H and O–H groups in total. The van der Waals surface area contributed by atoms with Gasteiger partial charge in [0.1, 0.15) is 5.75 Å². The van der Waals surface area contributed by atoms with Crippen LogP contribution in [0.4, 0.5) is 0 Å². The Morgan fingerprint density at radius 1 is 0.456 bits per heavy atom. The van der Waals surface area contributed by atoms with Crippen molar-refractivity contribution in [2.45, 2.75) is 11.8 Å². The van der Waals surface area contributed by atoms with Crippen LogP contribution in [-0.2, 0) is 4.79 Å². The molecule has 282 valence electrons. The number of Topliss-reactive ketones (excluding diaryl/α,β-unsaturated/α-hetero) is 2. The molecule has 7 rings (SSSR count). The zero-order valence-electron chi connectivity index (χ0n) is 30.4. The molecule has 0 spiro atoms. The van der Waals surface area contributed by atoms with Gasteiger partial charge in [0.25, 0.3) is 6.47 Å². The number of hydrogen-bond donors (Lipinski definition) is 2. The maximum atomic E-state index is 13.9. The zero-order chi connectivity index (χ0) is 40.3. The fourth-order valence-corrected chi connectivity index (χ4v) is 7.10. The minimum atomic E-state index is -1.04. The van der Waals surface area contributed by atoms with Gasteiger partial charge in [-0.05, 0) is 59.2 Å². The lowest BCUT2D eigenvalue weighted by atomic mass is 9.49. The van der Waals surface area contributed by atoms with E-state index in [1.54, 1.807) is 115 Å². The predicted octanol–water partition coefficient (Wildman–Crippen LogP) is 9.08. The van der Waals surface area contributed by atoms with Crippen molar-refractivity contribution in [1.29, 1.82) is 0 Å². The number of carboxylic acid groups (broad SMARTS) is 2. The molecule has 0 heterocycles. The van der Waals surface area contributed by atoms with E-state index in [1.165, 1.54) is 30.3 Å². The second-order valence-electron chi connectivity index (χ2n) is 13.3. The molecule has 4 atom stereocenters. The van der Waals surface area contributed by atoms with Crippen molar-refractivity contribution in [1.82, 2.24) is 0 Å². The largest absolute Gasteiger partial charge is 0.478 e. The highest BCUT2D eigenvalue weighted by atomic mass is 16.5. The van der Waals surface area contributed by atoms with Gasteiger partial charge in [-0.1, -0.05) is 133 Å². The third-order valence-electron chi connectivity index (χ3n) is 9.90. The summed E-state index contributed by atoms with van der Waals surface area (Å²) >= 11 is 0. The summed E-state index contributed by atoms with van der Waals surface area (Å²) in [5.41, 5.74) is 4.42. The number of benzene rings is 6. The molecule has 1 saturated carbocycles. The van der Waals surface area contributed by atoms with E-state index < -0.39 is 23.8 Å². The van der Waals surface area contributed by atoms with Crippen molar-refractivity contribution in [3.8, 4) is 5.75 Å². The van der Waals surface area contributed by atoms with Crippen LogP contribution in [-0.4, -0.2) is 46.0 Å². The predicted molar refractivity (Wildman–Crippen MR) is 214 cm³/mol. The van der Waals surface area contributed by atoms with E-state index in [9.17, 15) is 33.9 Å². The molecule has 57 heavy (non-hydrogen) atoms. The second-order valence-corrected chi connectivity index (χ2v) is 13.3. The number of ether oxygens (including phenoxy) is 1. The molecule has 9 heteroatoms. The van der Waals surface area contributed by atoms with E-state index >= 15 is 0 Å². The van der Waals surface area contributed by atoms with Crippen LogP contribution in [0.2, 0.25) is 0 Å². The smallest absolute Gasteiger partial charge is 0.335 e. The Hall–Kier alpha value is -7.52.